The number of benzene rings is 2. The van der Waals surface area contributed by atoms with Crippen LogP contribution in [0, 0.1) is 23.2 Å². The minimum Gasteiger partial charge on any atom is -0.489 e. The number of carbonyl (C=O) groups is 1. The highest BCUT2D eigenvalue weighted by Gasteiger charge is 2.40. The van der Waals surface area contributed by atoms with E-state index >= 15 is 0 Å². The summed E-state index contributed by atoms with van der Waals surface area (Å²) >= 11 is 0. The number of ether oxygens (including phenoxy) is 1. The van der Waals surface area contributed by atoms with Crippen molar-refractivity contribution in [2.24, 2.45) is 11.8 Å². The van der Waals surface area contributed by atoms with Crippen LogP contribution in [0.15, 0.2) is 30.3 Å². The highest BCUT2D eigenvalue weighted by molar-refractivity contribution is 5.90. The van der Waals surface area contributed by atoms with Gasteiger partial charge < -0.3 is 9.84 Å². The zero-order chi connectivity index (χ0) is 23.7. The lowest BCUT2D eigenvalue weighted by molar-refractivity contribution is -0.146. The summed E-state index contributed by atoms with van der Waals surface area (Å²) in [6.07, 6.45) is 10.9. The van der Waals surface area contributed by atoms with E-state index < -0.39 is 5.97 Å². The van der Waals surface area contributed by atoms with E-state index in [1.807, 2.05) is 6.07 Å². The highest BCUT2D eigenvalue weighted by atomic mass is 16.5. The van der Waals surface area contributed by atoms with Crippen molar-refractivity contribution in [2.75, 3.05) is 0 Å². The van der Waals surface area contributed by atoms with E-state index in [9.17, 15) is 15.2 Å². The number of hydrogen-bond donors (Lipinski definition) is 1. The lowest BCUT2D eigenvalue weighted by Gasteiger charge is -2.48. The van der Waals surface area contributed by atoms with E-state index in [0.29, 0.717) is 23.4 Å². The molecule has 2 aromatic carbocycles. The Morgan fingerprint density at radius 3 is 2.47 bits per heavy atom. The lowest BCUT2D eigenvalue weighted by Crippen LogP contribution is -2.52. The van der Waals surface area contributed by atoms with Gasteiger partial charge in [0.25, 0.3) is 0 Å². The Balaban J connectivity index is 1.33. The van der Waals surface area contributed by atoms with Gasteiger partial charge in [-0.2, -0.15) is 5.26 Å². The SMILES string of the molecule is CC[C@H]1CC[C@@H](Oc2ccc3cc(CN4C5CCCC4CC(C(=O)O)C5)ccc3c2C#N)CC1. The van der Waals surface area contributed by atoms with Gasteiger partial charge in [-0.05, 0) is 80.4 Å². The van der Waals surface area contributed by atoms with Gasteiger partial charge in [-0.1, -0.05) is 38.0 Å². The Morgan fingerprint density at radius 2 is 1.82 bits per heavy atom. The van der Waals surface area contributed by atoms with Crippen molar-refractivity contribution in [1.29, 1.82) is 5.26 Å². The van der Waals surface area contributed by atoms with E-state index in [1.54, 1.807) is 0 Å². The second-order valence-electron chi connectivity index (χ2n) is 10.7. The van der Waals surface area contributed by atoms with Crippen molar-refractivity contribution in [3.8, 4) is 11.8 Å². The van der Waals surface area contributed by atoms with Crippen LogP contribution in [0.1, 0.15) is 82.3 Å². The van der Waals surface area contributed by atoms with Crippen LogP contribution in [0.5, 0.6) is 5.75 Å². The molecule has 2 saturated heterocycles. The third-order valence-corrected chi connectivity index (χ3v) is 8.66. The molecule has 2 aromatic rings. The standard InChI is InChI=1S/C29H36N2O3/c1-2-19-6-10-25(11-7-19)34-28-13-9-21-14-20(8-12-26(21)27(28)17-30)18-31-23-4-3-5-24(31)16-22(15-23)29(32)33/h8-9,12-14,19,22-25H,2-7,10-11,15-16,18H2,1H3,(H,32,33)/t19-,22?,23?,24?,25+. The van der Waals surface area contributed by atoms with E-state index in [2.05, 4.69) is 42.2 Å². The van der Waals surface area contributed by atoms with Gasteiger partial charge >= 0.3 is 5.97 Å². The molecule has 2 unspecified atom stereocenters. The van der Waals surface area contributed by atoms with Crippen LogP contribution in [-0.2, 0) is 11.3 Å². The number of rotatable bonds is 6. The monoisotopic (exact) mass is 460 g/mol. The van der Waals surface area contributed by atoms with E-state index in [1.165, 1.54) is 31.2 Å². The van der Waals surface area contributed by atoms with Crippen molar-refractivity contribution in [3.05, 3.63) is 41.5 Å². The number of carboxylic acid groups (broad SMARTS) is 1. The molecule has 3 fully saturated rings. The Bertz CT molecular complexity index is 1070. The van der Waals surface area contributed by atoms with Crippen molar-refractivity contribution in [1.82, 2.24) is 4.90 Å². The largest absolute Gasteiger partial charge is 0.489 e. The molecule has 2 aliphatic heterocycles. The minimum absolute atomic E-state index is 0.197. The summed E-state index contributed by atoms with van der Waals surface area (Å²) in [4.78, 5) is 14.1. The fourth-order valence-corrected chi connectivity index (χ4v) is 6.66. The predicted molar refractivity (Wildman–Crippen MR) is 133 cm³/mol. The smallest absolute Gasteiger partial charge is 0.306 e. The van der Waals surface area contributed by atoms with Gasteiger partial charge in [0, 0.05) is 24.0 Å². The number of carboxylic acids is 1. The lowest BCUT2D eigenvalue weighted by atomic mass is 9.78. The Labute approximate surface area is 202 Å². The van der Waals surface area contributed by atoms with E-state index in [0.717, 1.165) is 61.8 Å². The maximum atomic E-state index is 11.6. The number of nitriles is 1. The average molecular weight is 461 g/mol. The van der Waals surface area contributed by atoms with Gasteiger partial charge in [0.05, 0.1) is 12.0 Å². The molecule has 2 bridgehead atoms. The average Bonchev–Trinajstić information content (AvgIpc) is 2.84. The fraction of sp³-hybridized carbons (Fsp3) is 0.586. The van der Waals surface area contributed by atoms with Crippen LogP contribution < -0.4 is 4.74 Å². The van der Waals surface area contributed by atoms with Gasteiger partial charge in [0.1, 0.15) is 17.4 Å². The zero-order valence-corrected chi connectivity index (χ0v) is 20.2. The molecular weight excluding hydrogens is 424 g/mol. The summed E-state index contributed by atoms with van der Waals surface area (Å²) in [6, 6.07) is 13.6. The predicted octanol–water partition coefficient (Wildman–Crippen LogP) is 6.28. The molecule has 180 valence electrons. The number of nitrogens with zero attached hydrogens (tertiary/aromatic N) is 2. The van der Waals surface area contributed by atoms with Gasteiger partial charge in [-0.3, -0.25) is 9.69 Å². The number of fused-ring (bicyclic) bond motifs is 3. The normalized spacial score (nSPS) is 29.5. The van der Waals surface area contributed by atoms with Crippen LogP contribution in [0.25, 0.3) is 10.8 Å². The van der Waals surface area contributed by atoms with Crippen LogP contribution >= 0.6 is 0 Å². The van der Waals surface area contributed by atoms with Crippen molar-refractivity contribution in [3.63, 3.8) is 0 Å². The summed E-state index contributed by atoms with van der Waals surface area (Å²) in [5, 5.41) is 21.5. The minimum atomic E-state index is -0.636. The summed E-state index contributed by atoms with van der Waals surface area (Å²) < 4.78 is 6.33. The van der Waals surface area contributed by atoms with Crippen LogP contribution in [0.3, 0.4) is 0 Å². The fourth-order valence-electron chi connectivity index (χ4n) is 6.66. The number of piperidine rings is 2. The Morgan fingerprint density at radius 1 is 1.09 bits per heavy atom. The number of aliphatic carboxylic acids is 1. The maximum Gasteiger partial charge on any atom is 0.306 e. The van der Waals surface area contributed by atoms with Gasteiger partial charge in [-0.15, -0.1) is 0 Å². The summed E-state index contributed by atoms with van der Waals surface area (Å²) in [7, 11) is 0. The molecule has 5 rings (SSSR count). The quantitative estimate of drug-likeness (QED) is 0.549. The first-order valence-electron chi connectivity index (χ1n) is 13.2. The molecule has 1 N–H and O–H groups in total. The Kier molecular flexibility index (Phi) is 6.79. The molecule has 0 aromatic heterocycles. The molecule has 1 saturated carbocycles. The molecule has 0 radical (unpaired) electrons. The second kappa shape index (κ2) is 9.96. The molecule has 1 aliphatic carbocycles. The molecule has 0 spiro atoms. The van der Waals surface area contributed by atoms with Gasteiger partial charge in [0.2, 0.25) is 0 Å². The molecule has 2 heterocycles. The van der Waals surface area contributed by atoms with Gasteiger partial charge in [-0.25, -0.2) is 0 Å². The molecule has 5 heteroatoms. The Hall–Kier alpha value is -2.58. The molecule has 34 heavy (non-hydrogen) atoms. The maximum absolute atomic E-state index is 11.6. The first kappa shape index (κ1) is 23.2. The second-order valence-corrected chi connectivity index (χ2v) is 10.7. The third-order valence-electron chi connectivity index (χ3n) is 8.66. The first-order chi connectivity index (χ1) is 16.6. The molecular formula is C29H36N2O3. The van der Waals surface area contributed by atoms with Gasteiger partial charge in [0.15, 0.2) is 0 Å². The van der Waals surface area contributed by atoms with Crippen LogP contribution in [0.2, 0.25) is 0 Å². The third kappa shape index (κ3) is 4.66. The van der Waals surface area contributed by atoms with Crippen molar-refractivity contribution in [2.45, 2.75) is 95.9 Å². The number of hydrogen-bond acceptors (Lipinski definition) is 4. The van der Waals surface area contributed by atoms with E-state index in [4.69, 9.17) is 4.74 Å². The van der Waals surface area contributed by atoms with Crippen molar-refractivity contribution < 1.29 is 14.6 Å². The molecule has 0 amide bonds. The van der Waals surface area contributed by atoms with Crippen LogP contribution in [-0.4, -0.2) is 34.2 Å². The highest BCUT2D eigenvalue weighted by Crippen LogP contribution is 2.39. The summed E-state index contributed by atoms with van der Waals surface area (Å²) in [5.41, 5.74) is 1.87. The summed E-state index contributed by atoms with van der Waals surface area (Å²) in [5.74, 6) is 0.701. The molecule has 3 aliphatic rings. The summed E-state index contributed by atoms with van der Waals surface area (Å²) in [6.45, 7) is 3.11. The first-order valence-corrected chi connectivity index (χ1v) is 13.2. The molecule has 2 atom stereocenters. The van der Waals surface area contributed by atoms with E-state index in [-0.39, 0.29) is 12.0 Å². The molecule has 5 nitrogen and oxygen atoms in total. The van der Waals surface area contributed by atoms with Crippen LogP contribution in [0.4, 0.5) is 0 Å². The topological polar surface area (TPSA) is 73.6 Å². The zero-order valence-electron chi connectivity index (χ0n) is 20.2. The van der Waals surface area contributed by atoms with Crippen molar-refractivity contribution >= 4 is 16.7 Å².